The van der Waals surface area contributed by atoms with Gasteiger partial charge in [-0.2, -0.15) is 0 Å². The molecule has 0 saturated carbocycles. The van der Waals surface area contributed by atoms with E-state index in [1.165, 1.54) is 10.6 Å². The number of nitrogens with one attached hydrogen (secondary N) is 1. The average Bonchev–Trinajstić information content (AvgIpc) is 2.95. The summed E-state index contributed by atoms with van der Waals surface area (Å²) in [6.07, 6.45) is 0. The Bertz CT molecular complexity index is 1100. The monoisotopic (exact) mass is 405 g/mol. The number of benzene rings is 2. The van der Waals surface area contributed by atoms with Gasteiger partial charge in [-0.1, -0.05) is 23.5 Å². The standard InChI is InChI=1S/C19H23N3O3S2/c1-4-22(5-2)15-8-6-14(7-9-15)13-20-27(24,25)16-10-11-17-18(12-16)26-19(23)21(17)3/h6-12,20H,4-5,13H2,1-3H3. The third-order valence-electron chi connectivity index (χ3n) is 4.61. The molecule has 0 spiro atoms. The van der Waals surface area contributed by atoms with Crippen molar-refractivity contribution in [3.63, 3.8) is 0 Å². The van der Waals surface area contributed by atoms with Crippen molar-refractivity contribution in [2.24, 2.45) is 7.05 Å². The molecule has 8 heteroatoms. The van der Waals surface area contributed by atoms with Crippen molar-refractivity contribution >= 4 is 37.3 Å². The van der Waals surface area contributed by atoms with Crippen molar-refractivity contribution in [3.05, 3.63) is 57.7 Å². The molecular weight excluding hydrogens is 382 g/mol. The van der Waals surface area contributed by atoms with E-state index in [1.807, 2.05) is 24.3 Å². The van der Waals surface area contributed by atoms with Crippen LogP contribution < -0.4 is 14.5 Å². The number of rotatable bonds is 7. The third kappa shape index (κ3) is 4.07. The maximum Gasteiger partial charge on any atom is 0.307 e. The van der Waals surface area contributed by atoms with E-state index in [0.29, 0.717) is 4.70 Å². The highest BCUT2D eigenvalue weighted by atomic mass is 32.2. The Labute approximate surface area is 163 Å². The summed E-state index contributed by atoms with van der Waals surface area (Å²) >= 11 is 1.04. The van der Waals surface area contributed by atoms with Gasteiger partial charge < -0.3 is 9.47 Å². The number of aromatic nitrogens is 1. The van der Waals surface area contributed by atoms with E-state index in [1.54, 1.807) is 19.2 Å². The van der Waals surface area contributed by atoms with E-state index in [0.717, 1.165) is 41.2 Å². The minimum atomic E-state index is -3.65. The summed E-state index contributed by atoms with van der Waals surface area (Å²) in [5, 5.41) is 0. The molecule has 1 aromatic heterocycles. The van der Waals surface area contributed by atoms with Crippen LogP contribution in [-0.4, -0.2) is 26.1 Å². The fraction of sp³-hybridized carbons (Fsp3) is 0.316. The summed E-state index contributed by atoms with van der Waals surface area (Å²) < 4.78 is 30.0. The molecule has 0 bridgehead atoms. The fourth-order valence-corrected chi connectivity index (χ4v) is 4.99. The summed E-state index contributed by atoms with van der Waals surface area (Å²) in [6, 6.07) is 12.6. The first kappa shape index (κ1) is 19.6. The SMILES string of the molecule is CCN(CC)c1ccc(CNS(=O)(=O)c2ccc3c(c2)sc(=O)n3C)cc1. The van der Waals surface area contributed by atoms with Gasteiger partial charge in [0.25, 0.3) is 0 Å². The first-order chi connectivity index (χ1) is 12.9. The van der Waals surface area contributed by atoms with Gasteiger partial charge in [0.15, 0.2) is 0 Å². The van der Waals surface area contributed by atoms with Crippen LogP contribution in [0.1, 0.15) is 19.4 Å². The molecule has 0 saturated heterocycles. The molecule has 3 rings (SSSR count). The number of sulfonamides is 1. The van der Waals surface area contributed by atoms with Crippen molar-refractivity contribution < 1.29 is 8.42 Å². The number of fused-ring (bicyclic) bond motifs is 1. The van der Waals surface area contributed by atoms with Crippen molar-refractivity contribution in [3.8, 4) is 0 Å². The minimum absolute atomic E-state index is 0.110. The van der Waals surface area contributed by atoms with Crippen LogP contribution in [0, 0.1) is 0 Å². The first-order valence-electron chi connectivity index (χ1n) is 8.79. The zero-order valence-corrected chi connectivity index (χ0v) is 17.2. The van der Waals surface area contributed by atoms with Crippen molar-refractivity contribution in [2.75, 3.05) is 18.0 Å². The normalized spacial score (nSPS) is 11.8. The van der Waals surface area contributed by atoms with Gasteiger partial charge in [-0.3, -0.25) is 4.79 Å². The number of aryl methyl sites for hydroxylation is 1. The van der Waals surface area contributed by atoms with Gasteiger partial charge in [-0.05, 0) is 49.7 Å². The van der Waals surface area contributed by atoms with Gasteiger partial charge in [0.05, 0.1) is 15.1 Å². The minimum Gasteiger partial charge on any atom is -0.372 e. The Balaban J connectivity index is 1.76. The first-order valence-corrected chi connectivity index (χ1v) is 11.1. The highest BCUT2D eigenvalue weighted by Gasteiger charge is 2.16. The summed E-state index contributed by atoms with van der Waals surface area (Å²) in [6.45, 7) is 6.27. The van der Waals surface area contributed by atoms with Crippen LogP contribution in [-0.2, 0) is 23.6 Å². The topological polar surface area (TPSA) is 71.4 Å². The lowest BCUT2D eigenvalue weighted by atomic mass is 10.2. The molecule has 0 aliphatic carbocycles. The second-order valence-electron chi connectivity index (χ2n) is 6.22. The maximum absolute atomic E-state index is 12.6. The second kappa shape index (κ2) is 7.84. The van der Waals surface area contributed by atoms with Crippen LogP contribution in [0.15, 0.2) is 52.2 Å². The fourth-order valence-electron chi connectivity index (χ4n) is 2.96. The lowest BCUT2D eigenvalue weighted by molar-refractivity contribution is 0.581. The maximum atomic E-state index is 12.6. The summed E-state index contributed by atoms with van der Waals surface area (Å²) in [5.41, 5.74) is 2.74. The zero-order chi connectivity index (χ0) is 19.6. The van der Waals surface area contributed by atoms with Gasteiger partial charge in [-0.25, -0.2) is 13.1 Å². The van der Waals surface area contributed by atoms with Gasteiger partial charge in [-0.15, -0.1) is 0 Å². The molecule has 1 heterocycles. The van der Waals surface area contributed by atoms with Crippen molar-refractivity contribution in [1.82, 2.24) is 9.29 Å². The molecule has 0 atom stereocenters. The Kier molecular flexibility index (Phi) is 5.69. The summed E-state index contributed by atoms with van der Waals surface area (Å²) in [4.78, 5) is 14.0. The van der Waals surface area contributed by atoms with E-state index in [2.05, 4.69) is 23.5 Å². The molecule has 1 N–H and O–H groups in total. The number of nitrogens with zero attached hydrogens (tertiary/aromatic N) is 2. The Morgan fingerprint density at radius 1 is 1.07 bits per heavy atom. The smallest absolute Gasteiger partial charge is 0.307 e. The van der Waals surface area contributed by atoms with Gasteiger partial charge >= 0.3 is 4.87 Å². The highest BCUT2D eigenvalue weighted by molar-refractivity contribution is 7.89. The quantitative estimate of drug-likeness (QED) is 0.656. The molecular formula is C19H23N3O3S2. The Morgan fingerprint density at radius 3 is 2.37 bits per heavy atom. The van der Waals surface area contributed by atoms with E-state index < -0.39 is 10.0 Å². The van der Waals surface area contributed by atoms with Crippen LogP contribution in [0.4, 0.5) is 5.69 Å². The molecule has 0 radical (unpaired) electrons. The molecule has 0 aliphatic heterocycles. The number of anilines is 1. The van der Waals surface area contributed by atoms with Gasteiger partial charge in [0, 0.05) is 32.4 Å². The number of hydrogen-bond donors (Lipinski definition) is 1. The lowest BCUT2D eigenvalue weighted by Gasteiger charge is -2.21. The number of thiazole rings is 1. The average molecular weight is 406 g/mol. The third-order valence-corrected chi connectivity index (χ3v) is 7.00. The summed E-state index contributed by atoms with van der Waals surface area (Å²) in [7, 11) is -1.98. The molecule has 2 aromatic carbocycles. The Hall–Kier alpha value is -2.16. The molecule has 27 heavy (non-hydrogen) atoms. The zero-order valence-electron chi connectivity index (χ0n) is 15.6. The van der Waals surface area contributed by atoms with E-state index in [-0.39, 0.29) is 16.3 Å². The largest absolute Gasteiger partial charge is 0.372 e. The van der Waals surface area contributed by atoms with Gasteiger partial charge in [0.2, 0.25) is 10.0 Å². The molecule has 0 unspecified atom stereocenters. The van der Waals surface area contributed by atoms with Crippen molar-refractivity contribution in [2.45, 2.75) is 25.3 Å². The van der Waals surface area contributed by atoms with Crippen LogP contribution in [0.2, 0.25) is 0 Å². The van der Waals surface area contributed by atoms with Gasteiger partial charge in [0.1, 0.15) is 0 Å². The highest BCUT2D eigenvalue weighted by Crippen LogP contribution is 2.21. The van der Waals surface area contributed by atoms with Crippen LogP contribution >= 0.6 is 11.3 Å². The number of hydrogen-bond acceptors (Lipinski definition) is 5. The van der Waals surface area contributed by atoms with E-state index in [9.17, 15) is 13.2 Å². The molecule has 3 aromatic rings. The molecule has 6 nitrogen and oxygen atoms in total. The van der Waals surface area contributed by atoms with Crippen LogP contribution in [0.25, 0.3) is 10.2 Å². The van der Waals surface area contributed by atoms with Crippen molar-refractivity contribution in [1.29, 1.82) is 0 Å². The molecule has 0 aliphatic rings. The summed E-state index contributed by atoms with van der Waals surface area (Å²) in [5.74, 6) is 0. The van der Waals surface area contributed by atoms with E-state index in [4.69, 9.17) is 0 Å². The lowest BCUT2D eigenvalue weighted by Crippen LogP contribution is -2.23. The Morgan fingerprint density at radius 2 is 1.74 bits per heavy atom. The van der Waals surface area contributed by atoms with E-state index >= 15 is 0 Å². The predicted molar refractivity (Wildman–Crippen MR) is 111 cm³/mol. The van der Waals surface area contributed by atoms with Crippen LogP contribution in [0.3, 0.4) is 0 Å². The second-order valence-corrected chi connectivity index (χ2v) is 8.98. The van der Waals surface area contributed by atoms with Crippen LogP contribution in [0.5, 0.6) is 0 Å². The predicted octanol–water partition coefficient (Wildman–Crippen LogP) is 2.92. The molecule has 0 fully saturated rings. The molecule has 144 valence electrons. The molecule has 0 amide bonds.